The Morgan fingerprint density at radius 2 is 1.53 bits per heavy atom. The van der Waals surface area contributed by atoms with Gasteiger partial charge in [0, 0.05) is 26.7 Å². The molecule has 1 aliphatic rings. The lowest BCUT2D eigenvalue weighted by Gasteiger charge is -2.32. The molecule has 0 aliphatic carbocycles. The molecular formula is C24H34IN3O4. The van der Waals surface area contributed by atoms with E-state index in [4.69, 9.17) is 18.9 Å². The second kappa shape index (κ2) is 12.6. The SMILES string of the molecule is CN=C(NCCCc1ccc(OC)c(OC)c1)N1CCc2cc(OC)c(OC)cc2C1.I. The molecule has 1 N–H and O–H groups in total. The van der Waals surface area contributed by atoms with Crippen molar-refractivity contribution < 1.29 is 18.9 Å². The summed E-state index contributed by atoms with van der Waals surface area (Å²) in [4.78, 5) is 6.78. The minimum Gasteiger partial charge on any atom is -0.493 e. The first-order valence-corrected chi connectivity index (χ1v) is 10.5. The number of aryl methyl sites for hydroxylation is 1. The Morgan fingerprint density at radius 1 is 0.906 bits per heavy atom. The van der Waals surface area contributed by atoms with Crippen LogP contribution in [0.25, 0.3) is 0 Å². The molecule has 7 nitrogen and oxygen atoms in total. The van der Waals surface area contributed by atoms with Gasteiger partial charge in [-0.1, -0.05) is 6.07 Å². The maximum Gasteiger partial charge on any atom is 0.193 e. The molecule has 0 saturated carbocycles. The molecule has 1 aliphatic heterocycles. The number of guanidine groups is 1. The summed E-state index contributed by atoms with van der Waals surface area (Å²) in [7, 11) is 8.49. The number of methoxy groups -OCH3 is 4. The number of hydrogen-bond acceptors (Lipinski definition) is 5. The third-order valence-electron chi connectivity index (χ3n) is 5.60. The molecule has 0 bridgehead atoms. The highest BCUT2D eigenvalue weighted by atomic mass is 127. The molecule has 176 valence electrons. The van der Waals surface area contributed by atoms with Gasteiger partial charge in [0.1, 0.15) is 0 Å². The molecule has 0 fully saturated rings. The van der Waals surface area contributed by atoms with Crippen LogP contribution in [-0.4, -0.2) is 59.4 Å². The van der Waals surface area contributed by atoms with Gasteiger partial charge in [-0.05, 0) is 60.2 Å². The van der Waals surface area contributed by atoms with E-state index < -0.39 is 0 Å². The standard InChI is InChI=1S/C24H33N3O4.HI/c1-25-24(26-11-6-7-17-8-9-20(28-2)21(13-17)29-3)27-12-10-18-14-22(30-4)23(31-5)15-19(18)16-27;/h8-9,13-15H,6-7,10-12,16H2,1-5H3,(H,25,26);1H. The number of ether oxygens (including phenoxy) is 4. The molecule has 0 amide bonds. The van der Waals surface area contributed by atoms with Crippen LogP contribution < -0.4 is 24.3 Å². The van der Waals surface area contributed by atoms with Crippen LogP contribution in [0.1, 0.15) is 23.1 Å². The summed E-state index contributed by atoms with van der Waals surface area (Å²) in [6.45, 7) is 2.55. The zero-order chi connectivity index (χ0) is 22.2. The topological polar surface area (TPSA) is 64.6 Å². The largest absolute Gasteiger partial charge is 0.493 e. The third-order valence-corrected chi connectivity index (χ3v) is 5.60. The summed E-state index contributed by atoms with van der Waals surface area (Å²) in [5.74, 6) is 3.99. The average molecular weight is 555 g/mol. The van der Waals surface area contributed by atoms with Crippen molar-refractivity contribution in [1.29, 1.82) is 0 Å². The second-order valence-electron chi connectivity index (χ2n) is 7.41. The fourth-order valence-corrected chi connectivity index (χ4v) is 3.93. The number of rotatable bonds is 8. The van der Waals surface area contributed by atoms with E-state index in [2.05, 4.69) is 33.4 Å². The quantitative estimate of drug-likeness (QED) is 0.231. The summed E-state index contributed by atoms with van der Waals surface area (Å²) in [5, 5.41) is 3.51. The van der Waals surface area contributed by atoms with Crippen molar-refractivity contribution in [3.8, 4) is 23.0 Å². The summed E-state index contributed by atoms with van der Waals surface area (Å²) >= 11 is 0. The first-order chi connectivity index (χ1) is 15.1. The minimum absolute atomic E-state index is 0. The van der Waals surface area contributed by atoms with Gasteiger partial charge in [0.15, 0.2) is 29.0 Å². The Bertz CT molecular complexity index is 920. The number of benzene rings is 2. The Kier molecular flexibility index (Phi) is 10.2. The predicted octanol–water partition coefficient (Wildman–Crippen LogP) is 3.91. The first-order valence-electron chi connectivity index (χ1n) is 10.5. The maximum absolute atomic E-state index is 5.47. The van der Waals surface area contributed by atoms with Crippen LogP contribution in [-0.2, 0) is 19.4 Å². The zero-order valence-corrected chi connectivity index (χ0v) is 21.9. The second-order valence-corrected chi connectivity index (χ2v) is 7.41. The molecule has 2 aromatic rings. The Morgan fingerprint density at radius 3 is 2.16 bits per heavy atom. The summed E-state index contributed by atoms with van der Waals surface area (Å²) < 4.78 is 21.6. The van der Waals surface area contributed by atoms with E-state index in [9.17, 15) is 0 Å². The number of hydrogen-bond donors (Lipinski definition) is 1. The Balaban J connectivity index is 0.00000363. The number of nitrogens with zero attached hydrogens (tertiary/aromatic N) is 2. The normalized spacial score (nSPS) is 13.0. The Labute approximate surface area is 208 Å². The smallest absolute Gasteiger partial charge is 0.193 e. The highest BCUT2D eigenvalue weighted by molar-refractivity contribution is 14.0. The highest BCUT2D eigenvalue weighted by Gasteiger charge is 2.21. The van der Waals surface area contributed by atoms with Crippen LogP contribution in [0.3, 0.4) is 0 Å². The van der Waals surface area contributed by atoms with Gasteiger partial charge in [-0.3, -0.25) is 4.99 Å². The fourth-order valence-electron chi connectivity index (χ4n) is 3.93. The number of nitrogens with one attached hydrogen (secondary N) is 1. The van der Waals surface area contributed by atoms with Crippen molar-refractivity contribution in [3.63, 3.8) is 0 Å². The molecule has 8 heteroatoms. The van der Waals surface area contributed by atoms with Gasteiger partial charge in [0.25, 0.3) is 0 Å². The van der Waals surface area contributed by atoms with Crippen molar-refractivity contribution in [3.05, 3.63) is 47.0 Å². The van der Waals surface area contributed by atoms with E-state index in [1.807, 2.05) is 19.2 Å². The molecule has 0 unspecified atom stereocenters. The van der Waals surface area contributed by atoms with Gasteiger partial charge in [-0.2, -0.15) is 0 Å². The van der Waals surface area contributed by atoms with Gasteiger partial charge in [0.05, 0.1) is 28.4 Å². The van der Waals surface area contributed by atoms with Crippen LogP contribution in [0.5, 0.6) is 23.0 Å². The van der Waals surface area contributed by atoms with E-state index in [0.29, 0.717) is 0 Å². The fraction of sp³-hybridized carbons (Fsp3) is 0.458. The molecule has 0 saturated heterocycles. The van der Waals surface area contributed by atoms with Crippen LogP contribution in [0.15, 0.2) is 35.3 Å². The average Bonchev–Trinajstić information content (AvgIpc) is 2.82. The monoisotopic (exact) mass is 555 g/mol. The molecule has 2 aromatic carbocycles. The number of aliphatic imine (C=N–C) groups is 1. The lowest BCUT2D eigenvalue weighted by atomic mass is 9.99. The highest BCUT2D eigenvalue weighted by Crippen LogP contribution is 2.33. The van der Waals surface area contributed by atoms with Gasteiger partial charge in [-0.15, -0.1) is 24.0 Å². The van der Waals surface area contributed by atoms with Crippen LogP contribution in [0.2, 0.25) is 0 Å². The van der Waals surface area contributed by atoms with Crippen molar-refractivity contribution in [2.24, 2.45) is 4.99 Å². The van der Waals surface area contributed by atoms with Crippen molar-refractivity contribution in [2.45, 2.75) is 25.8 Å². The summed E-state index contributed by atoms with van der Waals surface area (Å²) in [6, 6.07) is 10.2. The van der Waals surface area contributed by atoms with Gasteiger partial charge >= 0.3 is 0 Å². The summed E-state index contributed by atoms with van der Waals surface area (Å²) in [6.07, 6.45) is 2.89. The number of fused-ring (bicyclic) bond motifs is 1. The molecule has 0 radical (unpaired) electrons. The Hall–Kier alpha value is -2.36. The minimum atomic E-state index is 0. The molecule has 0 spiro atoms. The number of halogens is 1. The molecule has 32 heavy (non-hydrogen) atoms. The van der Waals surface area contributed by atoms with Crippen LogP contribution in [0, 0.1) is 0 Å². The molecule has 0 atom stereocenters. The van der Waals surface area contributed by atoms with E-state index >= 15 is 0 Å². The third kappa shape index (κ3) is 6.11. The van der Waals surface area contributed by atoms with Crippen LogP contribution in [0.4, 0.5) is 0 Å². The molecule has 0 aromatic heterocycles. The van der Waals surface area contributed by atoms with Crippen molar-refractivity contribution in [2.75, 3.05) is 48.6 Å². The van der Waals surface area contributed by atoms with Crippen molar-refractivity contribution in [1.82, 2.24) is 10.2 Å². The maximum atomic E-state index is 5.47. The van der Waals surface area contributed by atoms with Gasteiger partial charge in [0.2, 0.25) is 0 Å². The molecule has 1 heterocycles. The van der Waals surface area contributed by atoms with Gasteiger partial charge in [-0.25, -0.2) is 0 Å². The van der Waals surface area contributed by atoms with E-state index in [0.717, 1.165) is 67.9 Å². The van der Waals surface area contributed by atoms with Crippen molar-refractivity contribution >= 4 is 29.9 Å². The molecule has 3 rings (SSSR count). The van der Waals surface area contributed by atoms with Gasteiger partial charge < -0.3 is 29.2 Å². The zero-order valence-electron chi connectivity index (χ0n) is 19.6. The van der Waals surface area contributed by atoms with E-state index in [1.165, 1.54) is 16.7 Å². The predicted molar refractivity (Wildman–Crippen MR) is 138 cm³/mol. The lowest BCUT2D eigenvalue weighted by Crippen LogP contribution is -2.44. The van der Waals surface area contributed by atoms with E-state index in [-0.39, 0.29) is 24.0 Å². The molecular weight excluding hydrogens is 521 g/mol. The van der Waals surface area contributed by atoms with E-state index in [1.54, 1.807) is 28.4 Å². The first kappa shape index (κ1) is 25.9. The lowest BCUT2D eigenvalue weighted by molar-refractivity contribution is 0.346. The summed E-state index contributed by atoms with van der Waals surface area (Å²) in [5.41, 5.74) is 3.78. The van der Waals surface area contributed by atoms with Crippen LogP contribution >= 0.6 is 24.0 Å².